The van der Waals surface area contributed by atoms with E-state index >= 15 is 0 Å². The topological polar surface area (TPSA) is 181 Å². The van der Waals surface area contributed by atoms with Crippen molar-refractivity contribution in [3.63, 3.8) is 0 Å². The molecule has 0 saturated carbocycles. The highest BCUT2D eigenvalue weighted by atomic mass is 16.7. The Morgan fingerprint density at radius 1 is 0.857 bits per heavy atom. The van der Waals surface area contributed by atoms with Crippen molar-refractivity contribution in [1.82, 2.24) is 10.0 Å². The number of anilines is 1. The molecule has 3 aliphatic rings. The summed E-state index contributed by atoms with van der Waals surface area (Å²) in [6.07, 6.45) is 1.06. The van der Waals surface area contributed by atoms with Gasteiger partial charge >= 0.3 is 5.97 Å². The Hall–Kier alpha value is -6.29. The summed E-state index contributed by atoms with van der Waals surface area (Å²) in [7, 11) is 6.27. The van der Waals surface area contributed by atoms with Crippen molar-refractivity contribution in [2.75, 3.05) is 66.5 Å². The second-order valence-corrected chi connectivity index (χ2v) is 13.3. The fourth-order valence-corrected chi connectivity index (χ4v) is 7.42. The molecule has 4 aromatic rings. The molecule has 0 fully saturated rings. The van der Waals surface area contributed by atoms with Crippen molar-refractivity contribution in [2.24, 2.45) is 16.9 Å². The zero-order chi connectivity index (χ0) is 39.3. The molecule has 1 amide bonds. The number of hydrogen-bond donors (Lipinski definition) is 3. The maximum absolute atomic E-state index is 14.6. The van der Waals surface area contributed by atoms with Crippen LogP contribution in [0.3, 0.4) is 0 Å². The van der Waals surface area contributed by atoms with Gasteiger partial charge in [-0.2, -0.15) is 5.10 Å². The van der Waals surface area contributed by atoms with Crippen molar-refractivity contribution < 1.29 is 57.8 Å². The molecule has 7 rings (SSSR count). The van der Waals surface area contributed by atoms with Crippen LogP contribution in [-0.4, -0.2) is 94.1 Å². The molecule has 0 unspecified atom stereocenters. The van der Waals surface area contributed by atoms with Gasteiger partial charge in [-0.25, -0.2) is 4.79 Å². The Bertz CT molecular complexity index is 2050. The fourth-order valence-electron chi connectivity index (χ4n) is 7.42. The van der Waals surface area contributed by atoms with E-state index in [4.69, 9.17) is 43.1 Å². The van der Waals surface area contributed by atoms with Crippen molar-refractivity contribution in [1.29, 1.82) is 0 Å². The Balaban J connectivity index is 1.12. The van der Waals surface area contributed by atoms with Gasteiger partial charge in [0.15, 0.2) is 23.0 Å². The predicted octanol–water partition coefficient (Wildman–Crippen LogP) is 4.22. The number of methoxy groups -OCH3 is 4. The molecule has 0 saturated heterocycles. The van der Waals surface area contributed by atoms with Crippen LogP contribution in [0, 0.1) is 11.8 Å². The second-order valence-electron chi connectivity index (χ2n) is 13.3. The minimum Gasteiger partial charge on any atom is -0.497 e. The fraction of sp³-hybridized carbons (Fsp3) is 0.375. The normalized spacial score (nSPS) is 17.8. The number of carbonyl (C=O) groups is 2. The van der Waals surface area contributed by atoms with Gasteiger partial charge in [0.05, 0.1) is 58.9 Å². The number of carbonyl (C=O) groups excluding carboxylic acids is 2. The van der Waals surface area contributed by atoms with Gasteiger partial charge in [-0.1, -0.05) is 0 Å². The summed E-state index contributed by atoms with van der Waals surface area (Å²) < 4.78 is 40.7. The average molecular weight is 773 g/mol. The molecule has 16 nitrogen and oxygen atoms in total. The molecule has 3 atom stereocenters. The molecule has 1 aromatic heterocycles. The van der Waals surface area contributed by atoms with E-state index in [-0.39, 0.29) is 50.0 Å². The molecule has 3 N–H and O–H groups in total. The van der Waals surface area contributed by atoms with Gasteiger partial charge in [-0.3, -0.25) is 9.80 Å². The first kappa shape index (κ1) is 38.0. The number of unbranched alkanes of at least 4 members (excludes halogenated alkanes) is 1. The average Bonchev–Trinajstić information content (AvgIpc) is 3.95. The summed E-state index contributed by atoms with van der Waals surface area (Å²) in [5.41, 5.74) is 4.08. The minimum absolute atomic E-state index is 0.0574. The maximum Gasteiger partial charge on any atom is 0.333 e. The quantitative estimate of drug-likeness (QED) is 0.138. The summed E-state index contributed by atoms with van der Waals surface area (Å²) in [4.78, 5) is 31.7. The van der Waals surface area contributed by atoms with E-state index in [9.17, 15) is 19.8 Å². The number of ether oxygens (including phenoxy) is 7. The Morgan fingerprint density at radius 2 is 1.55 bits per heavy atom. The van der Waals surface area contributed by atoms with Crippen LogP contribution in [0.15, 0.2) is 65.8 Å². The van der Waals surface area contributed by atoms with Gasteiger partial charge in [-0.05, 0) is 72.5 Å². The van der Waals surface area contributed by atoms with Crippen LogP contribution in [0.4, 0.5) is 5.69 Å². The van der Waals surface area contributed by atoms with E-state index in [0.29, 0.717) is 59.5 Å². The lowest BCUT2D eigenvalue weighted by molar-refractivity contribution is -0.145. The molecule has 0 radical (unpaired) electrons. The Kier molecular flexibility index (Phi) is 11.3. The van der Waals surface area contributed by atoms with Gasteiger partial charge in [0.1, 0.15) is 5.75 Å². The lowest BCUT2D eigenvalue weighted by Gasteiger charge is -2.38. The number of hydrogen-bond acceptors (Lipinski definition) is 14. The van der Waals surface area contributed by atoms with E-state index in [1.807, 2.05) is 53.5 Å². The summed E-state index contributed by atoms with van der Waals surface area (Å²) in [5.74, 6) is 0.196. The molecule has 3 aromatic carbocycles. The summed E-state index contributed by atoms with van der Waals surface area (Å²) in [6, 6.07) is 17.7. The molecule has 1 aliphatic carbocycles. The number of aromatic nitrogens is 1. The third kappa shape index (κ3) is 7.51. The van der Waals surface area contributed by atoms with E-state index in [1.54, 1.807) is 28.4 Å². The number of amides is 1. The van der Waals surface area contributed by atoms with Crippen LogP contribution >= 0.6 is 0 Å². The summed E-state index contributed by atoms with van der Waals surface area (Å²) in [6.45, 7) is 1.33. The molecule has 0 spiro atoms. The number of nitrogens with zero attached hydrogens (tertiary/aromatic N) is 3. The standard InChI is InChI=1S/C40H44N4O12/c1-49-25-10-8-24(9-11-25)43-21-28-37(40(48)41-14-16-53-15-6-5-7-35(47)56-44-33(45)12-13-34(44)46)36(23-17-31(50-2)39(52-4)32(18-23)51-3)26-19-29-30(55-22-54-29)20-27(26)38(28)42-43/h8-13,17-20,28,36-37,45-46H,5-7,14-16,21-22H2,1-4H3,(H,41,48)/t28-,36+,37-/m0/s1. The SMILES string of the molecule is COc1ccc(N2C[C@@H]3C(=N2)c2cc4c(cc2[C@@H](c2cc(OC)c(OC)c(OC)c2)[C@H]3C(=O)NCCOCCCCC(=O)On2c(O)ccc2O)OCO4)cc1. The van der Waals surface area contributed by atoms with Gasteiger partial charge in [0.2, 0.25) is 30.2 Å². The molecule has 2 aliphatic heterocycles. The highest BCUT2D eigenvalue weighted by Gasteiger charge is 2.49. The van der Waals surface area contributed by atoms with Crippen molar-refractivity contribution in [3.8, 4) is 46.3 Å². The monoisotopic (exact) mass is 772 g/mol. The van der Waals surface area contributed by atoms with Crippen molar-refractivity contribution in [2.45, 2.75) is 25.2 Å². The summed E-state index contributed by atoms with van der Waals surface area (Å²) >= 11 is 0. The molecular formula is C40H44N4O12. The lowest BCUT2D eigenvalue weighted by Crippen LogP contribution is -2.46. The first-order chi connectivity index (χ1) is 27.2. The first-order valence-electron chi connectivity index (χ1n) is 18.1. The zero-order valence-electron chi connectivity index (χ0n) is 31.5. The largest absolute Gasteiger partial charge is 0.497 e. The smallest absolute Gasteiger partial charge is 0.333 e. The Morgan fingerprint density at radius 3 is 2.21 bits per heavy atom. The predicted molar refractivity (Wildman–Crippen MR) is 201 cm³/mol. The number of hydrazone groups is 1. The lowest BCUT2D eigenvalue weighted by atomic mass is 9.65. The van der Waals surface area contributed by atoms with Gasteiger partial charge in [0.25, 0.3) is 0 Å². The highest BCUT2D eigenvalue weighted by Crippen LogP contribution is 2.52. The van der Waals surface area contributed by atoms with Crippen molar-refractivity contribution in [3.05, 3.63) is 77.4 Å². The summed E-state index contributed by atoms with van der Waals surface area (Å²) in [5, 5.41) is 29.5. The Labute approximate surface area is 323 Å². The number of benzene rings is 3. The number of fused-ring (bicyclic) bond motifs is 4. The van der Waals surface area contributed by atoms with Crippen LogP contribution in [0.2, 0.25) is 0 Å². The molecule has 296 valence electrons. The second kappa shape index (κ2) is 16.6. The molecule has 3 heterocycles. The minimum atomic E-state index is -0.641. The molecular weight excluding hydrogens is 728 g/mol. The van der Waals surface area contributed by atoms with Crippen LogP contribution in [0.25, 0.3) is 0 Å². The number of aromatic hydroxyl groups is 2. The van der Waals surface area contributed by atoms with E-state index in [2.05, 4.69) is 5.32 Å². The van der Waals surface area contributed by atoms with Gasteiger partial charge in [-0.15, -0.1) is 4.73 Å². The molecule has 16 heteroatoms. The van der Waals surface area contributed by atoms with Crippen LogP contribution < -0.4 is 43.6 Å². The van der Waals surface area contributed by atoms with Crippen LogP contribution in [0.5, 0.6) is 46.3 Å². The molecule has 56 heavy (non-hydrogen) atoms. The number of nitrogens with one attached hydrogen (secondary N) is 1. The first-order valence-corrected chi connectivity index (χ1v) is 18.1. The zero-order valence-corrected chi connectivity index (χ0v) is 31.5. The van der Waals surface area contributed by atoms with Crippen LogP contribution in [-0.2, 0) is 14.3 Å². The van der Waals surface area contributed by atoms with Crippen molar-refractivity contribution >= 4 is 23.3 Å². The highest BCUT2D eigenvalue weighted by molar-refractivity contribution is 6.10. The van der Waals surface area contributed by atoms with E-state index < -0.39 is 17.8 Å². The third-order valence-electron chi connectivity index (χ3n) is 10.1. The van der Waals surface area contributed by atoms with Crippen LogP contribution in [0.1, 0.15) is 41.9 Å². The van der Waals surface area contributed by atoms with E-state index in [1.165, 1.54) is 12.1 Å². The van der Waals surface area contributed by atoms with E-state index in [0.717, 1.165) is 33.8 Å². The molecule has 0 bridgehead atoms. The van der Waals surface area contributed by atoms with Gasteiger partial charge < -0.3 is 53.5 Å². The number of rotatable bonds is 16. The van der Waals surface area contributed by atoms with Gasteiger partial charge in [0, 0.05) is 49.1 Å². The third-order valence-corrected chi connectivity index (χ3v) is 10.1. The maximum atomic E-state index is 14.6.